The summed E-state index contributed by atoms with van der Waals surface area (Å²) in [5.74, 6) is 0. The van der Waals surface area contributed by atoms with Gasteiger partial charge in [0.15, 0.2) is 0 Å². The third-order valence-corrected chi connectivity index (χ3v) is 0.651. The number of nitrogens with one attached hydrogen (secondary N) is 1. The number of hydrogen-bond acceptors (Lipinski definition) is 3. The molecule has 2 amide bonds. The van der Waals surface area contributed by atoms with Crippen LogP contribution in [0.4, 0.5) is 4.79 Å². The number of nitrogens with zero attached hydrogens (tertiary/aromatic N) is 2. The number of urea groups is 1. The molecule has 0 aromatic rings. The highest BCUT2D eigenvalue weighted by Gasteiger charge is 1.82. The number of rotatable bonds is 3. The molecule has 0 aliphatic heterocycles. The van der Waals surface area contributed by atoms with Crippen molar-refractivity contribution in [1.82, 2.24) is 5.43 Å². The van der Waals surface area contributed by atoms with Gasteiger partial charge in [-0.15, -0.1) is 0 Å². The number of primary amides is 1. The SMILES string of the molecule is N#CCC/C=N/NC(N)=O. The molecule has 0 aromatic carbocycles. The molecule has 0 aromatic heterocycles. The van der Waals surface area contributed by atoms with Crippen molar-refractivity contribution in [2.75, 3.05) is 0 Å². The summed E-state index contributed by atoms with van der Waals surface area (Å²) in [5, 5.41) is 11.5. The Labute approximate surface area is 58.5 Å². The van der Waals surface area contributed by atoms with Gasteiger partial charge in [-0.2, -0.15) is 10.4 Å². The van der Waals surface area contributed by atoms with Crippen LogP contribution in [0.3, 0.4) is 0 Å². The van der Waals surface area contributed by atoms with Crippen LogP contribution in [-0.4, -0.2) is 12.2 Å². The molecule has 0 saturated heterocycles. The minimum atomic E-state index is -0.701. The van der Waals surface area contributed by atoms with Crippen LogP contribution in [0.2, 0.25) is 0 Å². The summed E-state index contributed by atoms with van der Waals surface area (Å²) >= 11 is 0. The van der Waals surface area contributed by atoms with E-state index in [1.54, 1.807) is 0 Å². The largest absolute Gasteiger partial charge is 0.350 e. The molecule has 54 valence electrons. The molecule has 0 spiro atoms. The van der Waals surface area contributed by atoms with E-state index < -0.39 is 6.03 Å². The molecule has 0 heterocycles. The van der Waals surface area contributed by atoms with Crippen LogP contribution >= 0.6 is 0 Å². The van der Waals surface area contributed by atoms with Crippen molar-refractivity contribution in [3.63, 3.8) is 0 Å². The van der Waals surface area contributed by atoms with E-state index in [4.69, 9.17) is 5.26 Å². The maximum Gasteiger partial charge on any atom is 0.332 e. The quantitative estimate of drug-likeness (QED) is 0.326. The summed E-state index contributed by atoms with van der Waals surface area (Å²) in [6.07, 6.45) is 2.34. The zero-order valence-electron chi connectivity index (χ0n) is 5.37. The first-order valence-corrected chi connectivity index (χ1v) is 2.71. The van der Waals surface area contributed by atoms with E-state index >= 15 is 0 Å². The van der Waals surface area contributed by atoms with Gasteiger partial charge in [-0.05, 0) is 6.42 Å². The first-order chi connectivity index (χ1) is 4.77. The first kappa shape index (κ1) is 8.43. The van der Waals surface area contributed by atoms with E-state index in [9.17, 15) is 4.79 Å². The number of unbranched alkanes of at least 4 members (excludes halogenated alkanes) is 1. The smallest absolute Gasteiger partial charge is 0.332 e. The van der Waals surface area contributed by atoms with Gasteiger partial charge in [0.05, 0.1) is 6.07 Å². The van der Waals surface area contributed by atoms with Gasteiger partial charge in [-0.25, -0.2) is 10.2 Å². The van der Waals surface area contributed by atoms with Crippen LogP contribution in [-0.2, 0) is 0 Å². The van der Waals surface area contributed by atoms with Crippen LogP contribution < -0.4 is 11.2 Å². The molecule has 10 heavy (non-hydrogen) atoms. The number of hydrogen-bond donors (Lipinski definition) is 2. The summed E-state index contributed by atoms with van der Waals surface area (Å²) in [4.78, 5) is 9.96. The molecule has 0 saturated carbocycles. The number of carbonyl (C=O) groups excluding carboxylic acids is 1. The van der Waals surface area contributed by atoms with E-state index in [2.05, 4.69) is 10.8 Å². The maximum atomic E-state index is 9.96. The predicted molar refractivity (Wildman–Crippen MR) is 36.1 cm³/mol. The van der Waals surface area contributed by atoms with Crippen molar-refractivity contribution in [3.05, 3.63) is 0 Å². The average Bonchev–Trinajstić information content (AvgIpc) is 1.87. The summed E-state index contributed by atoms with van der Waals surface area (Å²) in [6, 6.07) is 1.22. The van der Waals surface area contributed by atoms with Gasteiger partial charge >= 0.3 is 6.03 Å². The molecular formula is C5H8N4O. The van der Waals surface area contributed by atoms with E-state index in [-0.39, 0.29) is 0 Å². The molecule has 0 rings (SSSR count). The van der Waals surface area contributed by atoms with Gasteiger partial charge in [-0.1, -0.05) is 0 Å². The van der Waals surface area contributed by atoms with Crippen molar-refractivity contribution < 1.29 is 4.79 Å². The Morgan fingerprint density at radius 1 is 1.90 bits per heavy atom. The van der Waals surface area contributed by atoms with Crippen molar-refractivity contribution in [2.45, 2.75) is 12.8 Å². The molecule has 3 N–H and O–H groups in total. The minimum Gasteiger partial charge on any atom is -0.350 e. The van der Waals surface area contributed by atoms with Gasteiger partial charge in [-0.3, -0.25) is 0 Å². The lowest BCUT2D eigenvalue weighted by atomic mass is 10.4. The predicted octanol–water partition coefficient (Wildman–Crippen LogP) is -0.0557. The normalized spacial score (nSPS) is 9.10. The Morgan fingerprint density at radius 2 is 2.60 bits per heavy atom. The standard InChI is InChI=1S/C5H8N4O/c6-3-1-2-4-8-9-5(7)10/h4H,1-2H2,(H3,7,9,10)/b8-4+. The van der Waals surface area contributed by atoms with Crippen molar-refractivity contribution in [2.24, 2.45) is 10.8 Å². The number of nitrogens with two attached hydrogens (primary N) is 1. The highest BCUT2D eigenvalue weighted by Crippen LogP contribution is 1.78. The lowest BCUT2D eigenvalue weighted by Gasteiger charge is -1.87. The fraction of sp³-hybridized carbons (Fsp3) is 0.400. The summed E-state index contributed by atoms with van der Waals surface area (Å²) in [7, 11) is 0. The molecule has 0 bridgehead atoms. The molecule has 0 atom stereocenters. The third-order valence-electron chi connectivity index (χ3n) is 0.651. The van der Waals surface area contributed by atoms with Gasteiger partial charge < -0.3 is 5.73 Å². The third kappa shape index (κ3) is 6.43. The number of nitriles is 1. The number of amides is 2. The highest BCUT2D eigenvalue weighted by atomic mass is 16.2. The fourth-order valence-corrected chi connectivity index (χ4v) is 0.303. The second-order valence-electron chi connectivity index (χ2n) is 1.48. The Bertz CT molecular complexity index is 169. The van der Waals surface area contributed by atoms with E-state index in [0.29, 0.717) is 12.8 Å². The second kappa shape index (κ2) is 5.56. The lowest BCUT2D eigenvalue weighted by molar-refractivity contribution is 0.249. The van der Waals surface area contributed by atoms with E-state index in [1.165, 1.54) is 6.21 Å². The molecule has 5 heteroatoms. The highest BCUT2D eigenvalue weighted by molar-refractivity contribution is 5.72. The molecular weight excluding hydrogens is 132 g/mol. The van der Waals surface area contributed by atoms with Gasteiger partial charge in [0, 0.05) is 12.6 Å². The fourth-order valence-electron chi connectivity index (χ4n) is 0.303. The summed E-state index contributed by atoms with van der Waals surface area (Å²) in [6.45, 7) is 0. The number of carbonyl (C=O) groups is 1. The Morgan fingerprint density at radius 3 is 3.10 bits per heavy atom. The molecule has 5 nitrogen and oxygen atoms in total. The zero-order chi connectivity index (χ0) is 7.82. The molecule has 0 radical (unpaired) electrons. The molecule has 0 fully saturated rings. The topological polar surface area (TPSA) is 91.3 Å². The maximum absolute atomic E-state index is 9.96. The average molecular weight is 140 g/mol. The van der Waals surface area contributed by atoms with Crippen LogP contribution in [0, 0.1) is 11.3 Å². The lowest BCUT2D eigenvalue weighted by Crippen LogP contribution is -2.24. The first-order valence-electron chi connectivity index (χ1n) is 2.71. The van der Waals surface area contributed by atoms with E-state index in [1.807, 2.05) is 11.5 Å². The van der Waals surface area contributed by atoms with Gasteiger partial charge in [0.1, 0.15) is 0 Å². The Hall–Kier alpha value is -1.57. The van der Waals surface area contributed by atoms with Crippen LogP contribution in [0.5, 0.6) is 0 Å². The number of hydrazone groups is 1. The monoisotopic (exact) mass is 140 g/mol. The van der Waals surface area contributed by atoms with Gasteiger partial charge in [0.25, 0.3) is 0 Å². The molecule has 0 aliphatic rings. The summed E-state index contributed by atoms with van der Waals surface area (Å²) < 4.78 is 0. The molecule has 0 aliphatic carbocycles. The Balaban J connectivity index is 3.22. The summed E-state index contributed by atoms with van der Waals surface area (Å²) in [5.41, 5.74) is 6.68. The molecule has 0 unspecified atom stereocenters. The van der Waals surface area contributed by atoms with Gasteiger partial charge in [0.2, 0.25) is 0 Å². The zero-order valence-corrected chi connectivity index (χ0v) is 5.37. The minimum absolute atomic E-state index is 0.393. The second-order valence-corrected chi connectivity index (χ2v) is 1.48. The van der Waals surface area contributed by atoms with Crippen LogP contribution in [0.1, 0.15) is 12.8 Å². The van der Waals surface area contributed by atoms with Crippen molar-refractivity contribution >= 4 is 12.2 Å². The van der Waals surface area contributed by atoms with Crippen LogP contribution in [0.15, 0.2) is 5.10 Å². The van der Waals surface area contributed by atoms with Crippen LogP contribution in [0.25, 0.3) is 0 Å². The Kier molecular flexibility index (Phi) is 4.69. The van der Waals surface area contributed by atoms with Crippen molar-refractivity contribution in [3.8, 4) is 6.07 Å². The van der Waals surface area contributed by atoms with Crippen molar-refractivity contribution in [1.29, 1.82) is 5.26 Å². The van der Waals surface area contributed by atoms with E-state index in [0.717, 1.165) is 0 Å².